The van der Waals surface area contributed by atoms with Crippen molar-refractivity contribution in [3.05, 3.63) is 48.0 Å². The van der Waals surface area contributed by atoms with Crippen molar-refractivity contribution in [2.24, 2.45) is 0 Å². The molecule has 4 nitrogen and oxygen atoms in total. The van der Waals surface area contributed by atoms with Crippen LogP contribution >= 0.6 is 0 Å². The SMILES string of the molecule is C=C(C)CN1CCC(NC(=O)C(O)c2ccccc2)CC1. The first kappa shape index (κ1) is 15.7. The molecule has 0 aromatic heterocycles. The van der Waals surface area contributed by atoms with Crippen LogP contribution < -0.4 is 5.32 Å². The Bertz CT molecular complexity index is 479. The van der Waals surface area contributed by atoms with Crippen LogP contribution in [0.3, 0.4) is 0 Å². The lowest BCUT2D eigenvalue weighted by Gasteiger charge is -2.32. The Kier molecular flexibility index (Phi) is 5.53. The van der Waals surface area contributed by atoms with Crippen molar-refractivity contribution in [1.29, 1.82) is 0 Å². The van der Waals surface area contributed by atoms with Gasteiger partial charge in [-0.2, -0.15) is 0 Å². The van der Waals surface area contributed by atoms with E-state index in [1.54, 1.807) is 12.1 Å². The largest absolute Gasteiger partial charge is 0.378 e. The Morgan fingerprint density at radius 3 is 2.57 bits per heavy atom. The maximum absolute atomic E-state index is 12.1. The zero-order valence-electron chi connectivity index (χ0n) is 12.6. The van der Waals surface area contributed by atoms with Gasteiger partial charge in [0.05, 0.1) is 0 Å². The number of carbonyl (C=O) groups excluding carboxylic acids is 1. The molecule has 0 bridgehead atoms. The fraction of sp³-hybridized carbons (Fsp3) is 0.471. The van der Waals surface area contributed by atoms with E-state index in [0.717, 1.165) is 38.0 Å². The van der Waals surface area contributed by atoms with Gasteiger partial charge in [0.2, 0.25) is 0 Å². The van der Waals surface area contributed by atoms with Gasteiger partial charge in [-0.1, -0.05) is 42.5 Å². The Morgan fingerprint density at radius 1 is 1.38 bits per heavy atom. The van der Waals surface area contributed by atoms with E-state index in [2.05, 4.69) is 16.8 Å². The molecule has 2 rings (SSSR count). The van der Waals surface area contributed by atoms with Gasteiger partial charge in [0.25, 0.3) is 5.91 Å². The van der Waals surface area contributed by atoms with Crippen molar-refractivity contribution in [2.45, 2.75) is 31.9 Å². The number of carbonyl (C=O) groups is 1. The zero-order valence-corrected chi connectivity index (χ0v) is 12.6. The van der Waals surface area contributed by atoms with Crippen molar-refractivity contribution >= 4 is 5.91 Å². The van der Waals surface area contributed by atoms with Gasteiger partial charge < -0.3 is 10.4 Å². The highest BCUT2D eigenvalue weighted by atomic mass is 16.3. The number of aliphatic hydroxyl groups is 1. The van der Waals surface area contributed by atoms with Gasteiger partial charge in [0.15, 0.2) is 6.10 Å². The maximum Gasteiger partial charge on any atom is 0.253 e. The highest BCUT2D eigenvalue weighted by Crippen LogP contribution is 2.15. The van der Waals surface area contributed by atoms with E-state index in [-0.39, 0.29) is 11.9 Å². The van der Waals surface area contributed by atoms with Crippen molar-refractivity contribution in [3.63, 3.8) is 0 Å². The van der Waals surface area contributed by atoms with E-state index in [4.69, 9.17) is 0 Å². The molecule has 0 saturated carbocycles. The minimum Gasteiger partial charge on any atom is -0.378 e. The number of hydrogen-bond donors (Lipinski definition) is 2. The van der Waals surface area contributed by atoms with Crippen LogP contribution in [0.1, 0.15) is 31.4 Å². The predicted octanol–water partition coefficient (Wildman–Crippen LogP) is 1.88. The molecule has 4 heteroatoms. The summed E-state index contributed by atoms with van der Waals surface area (Å²) in [6.45, 7) is 8.80. The molecular weight excluding hydrogens is 264 g/mol. The molecule has 1 saturated heterocycles. The number of likely N-dealkylation sites (tertiary alicyclic amines) is 1. The lowest BCUT2D eigenvalue weighted by Crippen LogP contribution is -2.46. The molecule has 2 N–H and O–H groups in total. The quantitative estimate of drug-likeness (QED) is 0.813. The maximum atomic E-state index is 12.1. The van der Waals surface area contributed by atoms with E-state index >= 15 is 0 Å². The second-order valence-electron chi connectivity index (χ2n) is 5.83. The molecule has 1 amide bonds. The number of piperidine rings is 1. The molecule has 1 heterocycles. The second-order valence-corrected chi connectivity index (χ2v) is 5.83. The van der Waals surface area contributed by atoms with Crippen LogP contribution in [0.5, 0.6) is 0 Å². The molecule has 1 aliphatic rings. The molecule has 0 radical (unpaired) electrons. The van der Waals surface area contributed by atoms with Crippen molar-refractivity contribution in [3.8, 4) is 0 Å². The first-order valence-corrected chi connectivity index (χ1v) is 7.46. The topological polar surface area (TPSA) is 52.6 Å². The number of nitrogens with zero attached hydrogens (tertiary/aromatic N) is 1. The third-order valence-corrected chi connectivity index (χ3v) is 3.79. The fourth-order valence-corrected chi connectivity index (χ4v) is 2.68. The Labute approximate surface area is 126 Å². The van der Waals surface area contributed by atoms with Gasteiger partial charge in [0, 0.05) is 25.7 Å². The third kappa shape index (κ3) is 4.69. The van der Waals surface area contributed by atoms with Crippen LogP contribution in [0.2, 0.25) is 0 Å². The Balaban J connectivity index is 1.80. The van der Waals surface area contributed by atoms with Gasteiger partial charge in [0.1, 0.15) is 0 Å². The summed E-state index contributed by atoms with van der Waals surface area (Å²) in [6.07, 6.45) is 0.751. The van der Waals surface area contributed by atoms with Gasteiger partial charge >= 0.3 is 0 Å². The summed E-state index contributed by atoms with van der Waals surface area (Å²) >= 11 is 0. The van der Waals surface area contributed by atoms with E-state index in [1.165, 1.54) is 0 Å². The lowest BCUT2D eigenvalue weighted by atomic mass is 10.0. The number of hydrogen-bond acceptors (Lipinski definition) is 3. The first-order valence-electron chi connectivity index (χ1n) is 7.46. The van der Waals surface area contributed by atoms with Crippen LogP contribution in [0.25, 0.3) is 0 Å². The highest BCUT2D eigenvalue weighted by Gasteiger charge is 2.24. The zero-order chi connectivity index (χ0) is 15.2. The Hall–Kier alpha value is -1.65. The normalized spacial score (nSPS) is 18.2. The van der Waals surface area contributed by atoms with E-state index in [0.29, 0.717) is 5.56 Å². The highest BCUT2D eigenvalue weighted by molar-refractivity contribution is 5.82. The minimum atomic E-state index is -1.08. The molecule has 114 valence electrons. The molecule has 0 aliphatic carbocycles. The van der Waals surface area contributed by atoms with Gasteiger partial charge in [-0.3, -0.25) is 9.69 Å². The van der Waals surface area contributed by atoms with Crippen molar-refractivity contribution in [1.82, 2.24) is 10.2 Å². The Morgan fingerprint density at radius 2 is 2.00 bits per heavy atom. The second kappa shape index (κ2) is 7.38. The summed E-state index contributed by atoms with van der Waals surface area (Å²) in [5, 5.41) is 13.0. The molecule has 1 aliphatic heterocycles. The monoisotopic (exact) mass is 288 g/mol. The standard InChI is InChI=1S/C17H24N2O2/c1-13(2)12-19-10-8-15(9-11-19)18-17(21)16(20)14-6-4-3-5-7-14/h3-7,15-16,20H,1,8-12H2,2H3,(H,18,21). The summed E-state index contributed by atoms with van der Waals surface area (Å²) < 4.78 is 0. The molecule has 1 atom stereocenters. The predicted molar refractivity (Wildman–Crippen MR) is 83.8 cm³/mol. The van der Waals surface area contributed by atoms with Crippen LogP contribution in [-0.4, -0.2) is 41.6 Å². The minimum absolute atomic E-state index is 0.150. The summed E-state index contributed by atoms with van der Waals surface area (Å²) in [7, 11) is 0. The summed E-state index contributed by atoms with van der Waals surface area (Å²) in [5.74, 6) is -0.306. The smallest absolute Gasteiger partial charge is 0.253 e. The summed E-state index contributed by atoms with van der Waals surface area (Å²) in [4.78, 5) is 14.4. The average Bonchev–Trinajstić information content (AvgIpc) is 2.49. The first-order chi connectivity index (χ1) is 10.1. The summed E-state index contributed by atoms with van der Waals surface area (Å²) in [5.41, 5.74) is 1.80. The average molecular weight is 288 g/mol. The molecule has 1 aromatic rings. The third-order valence-electron chi connectivity index (χ3n) is 3.79. The lowest BCUT2D eigenvalue weighted by molar-refractivity contribution is -0.130. The van der Waals surface area contributed by atoms with Crippen molar-refractivity contribution in [2.75, 3.05) is 19.6 Å². The molecular formula is C17H24N2O2. The fourth-order valence-electron chi connectivity index (χ4n) is 2.68. The van der Waals surface area contributed by atoms with E-state index in [1.807, 2.05) is 25.1 Å². The number of aliphatic hydroxyl groups excluding tert-OH is 1. The van der Waals surface area contributed by atoms with Gasteiger partial charge in [-0.15, -0.1) is 0 Å². The molecule has 0 spiro atoms. The van der Waals surface area contributed by atoms with E-state index < -0.39 is 6.10 Å². The molecule has 1 fully saturated rings. The number of nitrogens with one attached hydrogen (secondary N) is 1. The number of benzene rings is 1. The van der Waals surface area contributed by atoms with Crippen LogP contribution in [-0.2, 0) is 4.79 Å². The molecule has 1 unspecified atom stereocenters. The van der Waals surface area contributed by atoms with Gasteiger partial charge in [-0.25, -0.2) is 0 Å². The van der Waals surface area contributed by atoms with Crippen LogP contribution in [0, 0.1) is 0 Å². The molecule has 1 aromatic carbocycles. The van der Waals surface area contributed by atoms with Crippen molar-refractivity contribution < 1.29 is 9.90 Å². The van der Waals surface area contributed by atoms with Crippen LogP contribution in [0.4, 0.5) is 0 Å². The summed E-state index contributed by atoms with van der Waals surface area (Å²) in [6, 6.07) is 9.19. The van der Waals surface area contributed by atoms with E-state index in [9.17, 15) is 9.90 Å². The number of rotatable bonds is 5. The number of amides is 1. The van der Waals surface area contributed by atoms with Gasteiger partial charge in [-0.05, 0) is 25.3 Å². The van der Waals surface area contributed by atoms with Crippen LogP contribution in [0.15, 0.2) is 42.5 Å². The molecule has 21 heavy (non-hydrogen) atoms.